The van der Waals surface area contributed by atoms with Gasteiger partial charge in [0.2, 0.25) is 0 Å². The minimum Gasteiger partial charge on any atom is -0.456 e. The van der Waals surface area contributed by atoms with Gasteiger partial charge in [-0.2, -0.15) is 0 Å². The van der Waals surface area contributed by atoms with Crippen molar-refractivity contribution in [1.29, 1.82) is 0 Å². The molecule has 0 amide bonds. The first-order chi connectivity index (χ1) is 10.8. The van der Waals surface area contributed by atoms with Gasteiger partial charge in [-0.15, -0.1) is 0 Å². The second-order valence-electron chi connectivity index (χ2n) is 6.92. The van der Waals surface area contributed by atoms with E-state index in [-0.39, 0.29) is 0 Å². The third kappa shape index (κ3) is 2.52. The molecule has 0 unspecified atom stereocenters. The molecule has 23 heavy (non-hydrogen) atoms. The third-order valence-corrected chi connectivity index (χ3v) is 4.67. The Bertz CT molecular complexity index is 916. The molecule has 0 saturated heterocycles. The summed E-state index contributed by atoms with van der Waals surface area (Å²) in [5.41, 5.74) is 7.58. The fourth-order valence-corrected chi connectivity index (χ4v) is 3.40. The van der Waals surface area contributed by atoms with Gasteiger partial charge >= 0.3 is 0 Å². The second-order valence-corrected chi connectivity index (χ2v) is 6.92. The second kappa shape index (κ2) is 5.45. The molecular weight excluding hydrogens is 282 g/mol. The number of hydrogen-bond donors (Lipinski definition) is 0. The molecule has 2 heteroatoms. The molecule has 0 saturated carbocycles. The van der Waals surface area contributed by atoms with Gasteiger partial charge in [0.25, 0.3) is 0 Å². The Labute approximate surface area is 138 Å². The molecule has 1 aliphatic rings. The van der Waals surface area contributed by atoms with E-state index < -0.39 is 0 Å². The average molecular weight is 307 g/mol. The first kappa shape index (κ1) is 15.7. The van der Waals surface area contributed by atoms with Crippen LogP contribution in [0.5, 0.6) is 11.5 Å². The molecule has 0 radical (unpaired) electrons. The van der Waals surface area contributed by atoms with Crippen molar-refractivity contribution in [3.63, 3.8) is 0 Å². The van der Waals surface area contributed by atoms with Gasteiger partial charge in [-0.1, -0.05) is 5.57 Å². The lowest BCUT2D eigenvalue weighted by Gasteiger charge is -2.24. The van der Waals surface area contributed by atoms with Crippen molar-refractivity contribution in [3.8, 4) is 11.5 Å². The van der Waals surface area contributed by atoms with E-state index in [2.05, 4.69) is 77.9 Å². The van der Waals surface area contributed by atoms with Crippen molar-refractivity contribution < 1.29 is 4.74 Å². The quantitative estimate of drug-likeness (QED) is 0.792. The van der Waals surface area contributed by atoms with Crippen LogP contribution in [0.1, 0.15) is 37.5 Å². The Morgan fingerprint density at radius 2 is 1.57 bits per heavy atom. The van der Waals surface area contributed by atoms with Crippen LogP contribution in [0.25, 0.3) is 11.1 Å². The average Bonchev–Trinajstić information content (AvgIpc) is 2.47. The van der Waals surface area contributed by atoms with Crippen LogP contribution in [0.4, 0.5) is 5.69 Å². The number of anilines is 1. The van der Waals surface area contributed by atoms with Gasteiger partial charge in [0.1, 0.15) is 11.5 Å². The van der Waals surface area contributed by atoms with Crippen molar-refractivity contribution in [2.75, 3.05) is 19.0 Å². The summed E-state index contributed by atoms with van der Waals surface area (Å²) < 4.78 is 6.28. The van der Waals surface area contributed by atoms with Gasteiger partial charge in [0.05, 0.1) is 0 Å². The molecule has 2 nitrogen and oxygen atoms in total. The summed E-state index contributed by atoms with van der Waals surface area (Å²) >= 11 is 0. The minimum absolute atomic E-state index is 0.952. The molecule has 0 spiro atoms. The predicted molar refractivity (Wildman–Crippen MR) is 98.9 cm³/mol. The van der Waals surface area contributed by atoms with E-state index in [4.69, 9.17) is 4.74 Å². The number of hydrogen-bond acceptors (Lipinski definition) is 2. The fraction of sp³-hybridized carbons (Fsp3) is 0.333. The Balaban J connectivity index is 2.33. The maximum absolute atomic E-state index is 6.28. The molecular formula is C21H25NO. The van der Waals surface area contributed by atoms with Crippen LogP contribution >= 0.6 is 0 Å². The number of nitrogens with zero attached hydrogens (tertiary/aromatic N) is 1. The van der Waals surface area contributed by atoms with Crippen molar-refractivity contribution in [1.82, 2.24) is 0 Å². The highest BCUT2D eigenvalue weighted by molar-refractivity contribution is 5.77. The van der Waals surface area contributed by atoms with Crippen LogP contribution in [0.2, 0.25) is 0 Å². The maximum atomic E-state index is 6.28. The van der Waals surface area contributed by atoms with Crippen molar-refractivity contribution in [2.24, 2.45) is 0 Å². The molecule has 0 atom stereocenters. The molecule has 1 heterocycles. The summed E-state index contributed by atoms with van der Waals surface area (Å²) in [5.74, 6) is 1.92. The van der Waals surface area contributed by atoms with Crippen molar-refractivity contribution >= 4 is 16.8 Å². The van der Waals surface area contributed by atoms with Gasteiger partial charge in [0, 0.05) is 36.6 Å². The minimum atomic E-state index is 0.952. The highest BCUT2D eigenvalue weighted by Crippen LogP contribution is 2.37. The zero-order chi connectivity index (χ0) is 16.9. The number of fused-ring (bicyclic) bond motifs is 2. The Morgan fingerprint density at radius 3 is 2.17 bits per heavy atom. The van der Waals surface area contributed by atoms with E-state index in [9.17, 15) is 0 Å². The molecule has 1 aliphatic heterocycles. The number of rotatable bonds is 1. The van der Waals surface area contributed by atoms with E-state index in [1.807, 2.05) is 0 Å². The standard InChI is InChI=1S/C21H25NO/c1-12(2)16-10-20-17(8-13(16)3)15(5)18-9-14(4)19(22(6)7)11-21(18)23-20/h8-11H,1-7H3. The van der Waals surface area contributed by atoms with E-state index in [1.54, 1.807) is 0 Å². The lowest BCUT2D eigenvalue weighted by atomic mass is 9.96. The van der Waals surface area contributed by atoms with Crippen LogP contribution in [-0.2, 0) is 0 Å². The normalized spacial score (nSPS) is 12.4. The van der Waals surface area contributed by atoms with Crippen LogP contribution in [0.3, 0.4) is 0 Å². The van der Waals surface area contributed by atoms with Gasteiger partial charge in [-0.25, -0.2) is 0 Å². The predicted octanol–water partition coefficient (Wildman–Crippen LogP) is 3.88. The summed E-state index contributed by atoms with van der Waals surface area (Å²) in [4.78, 5) is 2.13. The number of ether oxygens (including phenoxy) is 1. The van der Waals surface area contributed by atoms with Gasteiger partial charge in [-0.3, -0.25) is 0 Å². The first-order valence-electron chi connectivity index (χ1n) is 8.09. The molecule has 0 aliphatic carbocycles. The van der Waals surface area contributed by atoms with E-state index >= 15 is 0 Å². The largest absolute Gasteiger partial charge is 0.456 e. The lowest BCUT2D eigenvalue weighted by molar-refractivity contribution is 0.471. The van der Waals surface area contributed by atoms with Crippen LogP contribution in [0.15, 0.2) is 24.3 Å². The lowest BCUT2D eigenvalue weighted by Crippen LogP contribution is -2.22. The number of benzene rings is 2. The fourth-order valence-electron chi connectivity index (χ4n) is 3.40. The van der Waals surface area contributed by atoms with E-state index in [0.29, 0.717) is 0 Å². The Morgan fingerprint density at radius 1 is 0.870 bits per heavy atom. The summed E-state index contributed by atoms with van der Waals surface area (Å²) in [6.07, 6.45) is 0. The molecule has 3 rings (SSSR count). The van der Waals surface area contributed by atoms with Crippen LogP contribution < -0.4 is 20.1 Å². The molecule has 0 bridgehead atoms. The van der Waals surface area contributed by atoms with Gasteiger partial charge < -0.3 is 9.64 Å². The third-order valence-electron chi connectivity index (χ3n) is 4.67. The highest BCUT2D eigenvalue weighted by Gasteiger charge is 2.18. The smallest absolute Gasteiger partial charge is 0.137 e. The SMILES string of the molecule is CC(C)=c1cc2c(cc1C)=C(C)c1cc(C)c(N(C)C)cc1O2. The van der Waals surface area contributed by atoms with E-state index in [1.165, 1.54) is 44.0 Å². The molecule has 0 aromatic heterocycles. The first-order valence-corrected chi connectivity index (χ1v) is 8.09. The topological polar surface area (TPSA) is 12.5 Å². The maximum Gasteiger partial charge on any atom is 0.137 e. The zero-order valence-electron chi connectivity index (χ0n) is 15.2. The van der Waals surface area contributed by atoms with Crippen LogP contribution in [0, 0.1) is 13.8 Å². The van der Waals surface area contributed by atoms with Gasteiger partial charge in [-0.05, 0) is 74.7 Å². The molecule has 0 fully saturated rings. The molecule has 0 N–H and O–H groups in total. The van der Waals surface area contributed by atoms with Crippen LogP contribution in [-0.4, -0.2) is 14.1 Å². The van der Waals surface area contributed by atoms with E-state index in [0.717, 1.165) is 11.5 Å². The Hall–Kier alpha value is -2.22. The molecule has 2 aromatic carbocycles. The summed E-state index contributed by atoms with van der Waals surface area (Å²) in [5, 5.41) is 2.48. The summed E-state index contributed by atoms with van der Waals surface area (Å²) in [7, 11) is 4.14. The molecule has 2 aromatic rings. The van der Waals surface area contributed by atoms with Gasteiger partial charge in [0.15, 0.2) is 0 Å². The zero-order valence-corrected chi connectivity index (χ0v) is 15.2. The van der Waals surface area contributed by atoms with Crippen molar-refractivity contribution in [3.05, 3.63) is 51.4 Å². The molecule has 120 valence electrons. The Kier molecular flexibility index (Phi) is 3.71. The van der Waals surface area contributed by atoms with Crippen molar-refractivity contribution in [2.45, 2.75) is 34.6 Å². The summed E-state index contributed by atoms with van der Waals surface area (Å²) in [6, 6.07) is 8.83. The highest BCUT2D eigenvalue weighted by atomic mass is 16.5. The number of aryl methyl sites for hydroxylation is 2. The monoisotopic (exact) mass is 307 g/mol. The summed E-state index contributed by atoms with van der Waals surface area (Å²) in [6.45, 7) is 10.8.